The maximum atomic E-state index is 4.84. The molecule has 2 nitrogen and oxygen atoms in total. The van der Waals surface area contributed by atoms with E-state index < -0.39 is 0 Å². The van der Waals surface area contributed by atoms with E-state index in [1.54, 1.807) is 0 Å². The van der Waals surface area contributed by atoms with Crippen LogP contribution >= 0.6 is 12.9 Å². The highest BCUT2D eigenvalue weighted by Crippen LogP contribution is 1.97. The number of nitrogens with zero attached hydrogens (tertiary/aromatic N) is 1. The van der Waals surface area contributed by atoms with Crippen LogP contribution in [0.25, 0.3) is 0 Å². The van der Waals surface area contributed by atoms with Gasteiger partial charge in [0, 0.05) is 6.54 Å². The fourth-order valence-electron chi connectivity index (χ4n) is 0.879. The highest BCUT2D eigenvalue weighted by Gasteiger charge is 2.04. The molecular formula is C7H17NOS. The van der Waals surface area contributed by atoms with Crippen molar-refractivity contribution in [1.82, 2.24) is 4.90 Å². The fourth-order valence-corrected chi connectivity index (χ4v) is 0.945. The second kappa shape index (κ2) is 6.01. The lowest BCUT2D eigenvalue weighted by Crippen LogP contribution is -2.30. The van der Waals surface area contributed by atoms with Crippen LogP contribution in [0, 0.1) is 0 Å². The van der Waals surface area contributed by atoms with Crippen LogP contribution in [0.5, 0.6) is 0 Å². The number of hydrogen-bond acceptors (Lipinski definition) is 3. The Kier molecular flexibility index (Phi) is 6.17. The van der Waals surface area contributed by atoms with Gasteiger partial charge in [-0.3, -0.25) is 0 Å². The summed E-state index contributed by atoms with van der Waals surface area (Å²) in [6.07, 6.45) is 0.225. The normalized spacial score (nSPS) is 14.1. The lowest BCUT2D eigenvalue weighted by molar-refractivity contribution is 0.178. The summed E-state index contributed by atoms with van der Waals surface area (Å²) >= 11 is 3.74. The third kappa shape index (κ3) is 4.14. The molecule has 0 spiro atoms. The SMILES string of the molecule is CCN(CC)C[C@@H](C)OS. The van der Waals surface area contributed by atoms with Gasteiger partial charge in [-0.1, -0.05) is 13.8 Å². The molecule has 0 heterocycles. The summed E-state index contributed by atoms with van der Waals surface area (Å²) in [7, 11) is 0. The molecule has 0 aliphatic rings. The Bertz CT molecular complexity index is 76.0. The van der Waals surface area contributed by atoms with Crippen LogP contribution in [0.1, 0.15) is 20.8 Å². The molecule has 0 bridgehead atoms. The third-order valence-corrected chi connectivity index (χ3v) is 1.95. The Hall–Kier alpha value is 0.270. The molecule has 0 aromatic carbocycles. The third-order valence-electron chi connectivity index (χ3n) is 1.59. The largest absolute Gasteiger partial charge is 0.314 e. The molecule has 10 heavy (non-hydrogen) atoms. The number of rotatable bonds is 5. The van der Waals surface area contributed by atoms with Gasteiger partial charge < -0.3 is 9.08 Å². The van der Waals surface area contributed by atoms with E-state index in [0.29, 0.717) is 0 Å². The van der Waals surface area contributed by atoms with Crippen molar-refractivity contribution in [3.8, 4) is 0 Å². The standard InChI is InChI=1S/C7H17NOS/c1-4-8(5-2)6-7(3)9-10/h7,10H,4-6H2,1-3H3/t7-/m1/s1. The van der Waals surface area contributed by atoms with Crippen molar-refractivity contribution < 1.29 is 4.18 Å². The quantitative estimate of drug-likeness (QED) is 0.488. The molecule has 0 aliphatic heterocycles. The predicted octanol–water partition coefficient (Wildman–Crippen LogP) is 1.58. The lowest BCUT2D eigenvalue weighted by atomic mass is 10.3. The molecule has 62 valence electrons. The monoisotopic (exact) mass is 163 g/mol. The van der Waals surface area contributed by atoms with Crippen LogP contribution in [-0.4, -0.2) is 30.6 Å². The van der Waals surface area contributed by atoms with E-state index in [4.69, 9.17) is 4.18 Å². The van der Waals surface area contributed by atoms with Gasteiger partial charge in [-0.2, -0.15) is 0 Å². The second-order valence-electron chi connectivity index (χ2n) is 2.40. The summed E-state index contributed by atoms with van der Waals surface area (Å²) in [6, 6.07) is 0. The average molecular weight is 163 g/mol. The van der Waals surface area contributed by atoms with Crippen LogP contribution in [0.15, 0.2) is 0 Å². The smallest absolute Gasteiger partial charge is 0.0817 e. The summed E-state index contributed by atoms with van der Waals surface area (Å²) < 4.78 is 4.84. The molecule has 0 aliphatic carbocycles. The molecule has 3 heteroatoms. The topological polar surface area (TPSA) is 12.5 Å². The van der Waals surface area contributed by atoms with E-state index in [-0.39, 0.29) is 6.10 Å². The number of thiol groups is 1. The zero-order valence-corrected chi connectivity index (χ0v) is 7.90. The van der Waals surface area contributed by atoms with Crippen molar-refractivity contribution in [2.24, 2.45) is 0 Å². The number of likely N-dealkylation sites (N-methyl/N-ethyl adjacent to an activating group) is 1. The maximum absolute atomic E-state index is 4.84. The first-order chi connectivity index (χ1) is 4.74. The van der Waals surface area contributed by atoms with Gasteiger partial charge in [0.15, 0.2) is 0 Å². The lowest BCUT2D eigenvalue weighted by Gasteiger charge is -2.20. The van der Waals surface area contributed by atoms with E-state index in [9.17, 15) is 0 Å². The van der Waals surface area contributed by atoms with Crippen molar-refractivity contribution in [3.05, 3.63) is 0 Å². The predicted molar refractivity (Wildman–Crippen MR) is 47.3 cm³/mol. The van der Waals surface area contributed by atoms with Gasteiger partial charge in [0.2, 0.25) is 0 Å². The van der Waals surface area contributed by atoms with Gasteiger partial charge in [0.25, 0.3) is 0 Å². The molecule has 0 saturated heterocycles. The van der Waals surface area contributed by atoms with E-state index in [2.05, 4.69) is 31.7 Å². The van der Waals surface area contributed by atoms with Crippen LogP contribution < -0.4 is 0 Å². The first-order valence-corrected chi connectivity index (χ1v) is 4.13. The highest BCUT2D eigenvalue weighted by molar-refractivity contribution is 7.75. The summed E-state index contributed by atoms with van der Waals surface area (Å²) in [5.41, 5.74) is 0. The van der Waals surface area contributed by atoms with Crippen molar-refractivity contribution in [2.45, 2.75) is 26.9 Å². The van der Waals surface area contributed by atoms with E-state index in [1.165, 1.54) is 0 Å². The Morgan fingerprint density at radius 2 is 1.90 bits per heavy atom. The Morgan fingerprint density at radius 3 is 2.20 bits per heavy atom. The van der Waals surface area contributed by atoms with Crippen LogP contribution in [0.3, 0.4) is 0 Å². The van der Waals surface area contributed by atoms with Gasteiger partial charge in [-0.25, -0.2) is 0 Å². The number of hydrogen-bond donors (Lipinski definition) is 1. The van der Waals surface area contributed by atoms with Crippen molar-refractivity contribution in [1.29, 1.82) is 0 Å². The second-order valence-corrected chi connectivity index (χ2v) is 2.61. The van der Waals surface area contributed by atoms with Gasteiger partial charge in [-0.15, -0.1) is 0 Å². The molecule has 0 rings (SSSR count). The molecule has 0 radical (unpaired) electrons. The van der Waals surface area contributed by atoms with E-state index in [1.807, 2.05) is 6.92 Å². The molecule has 0 fully saturated rings. The minimum absolute atomic E-state index is 0.225. The summed E-state index contributed by atoms with van der Waals surface area (Å²) in [5, 5.41) is 0. The first kappa shape index (κ1) is 10.3. The van der Waals surface area contributed by atoms with Crippen molar-refractivity contribution >= 4 is 12.9 Å². The first-order valence-electron chi connectivity index (χ1n) is 3.77. The van der Waals surface area contributed by atoms with E-state index >= 15 is 0 Å². The van der Waals surface area contributed by atoms with Crippen molar-refractivity contribution in [3.63, 3.8) is 0 Å². The van der Waals surface area contributed by atoms with Gasteiger partial charge >= 0.3 is 0 Å². The molecule has 0 aromatic rings. The summed E-state index contributed by atoms with van der Waals surface area (Å²) in [6.45, 7) is 9.45. The Morgan fingerprint density at radius 1 is 1.40 bits per heavy atom. The van der Waals surface area contributed by atoms with Crippen molar-refractivity contribution in [2.75, 3.05) is 19.6 Å². The molecule has 1 atom stereocenters. The highest BCUT2D eigenvalue weighted by atomic mass is 32.1. The molecule has 0 amide bonds. The molecule has 0 unspecified atom stereocenters. The zero-order chi connectivity index (χ0) is 7.98. The average Bonchev–Trinajstić information content (AvgIpc) is 1.99. The molecular weight excluding hydrogens is 146 g/mol. The van der Waals surface area contributed by atoms with Gasteiger partial charge in [-0.05, 0) is 32.9 Å². The Labute approximate surface area is 69.2 Å². The van der Waals surface area contributed by atoms with E-state index in [0.717, 1.165) is 19.6 Å². The van der Waals surface area contributed by atoms with Crippen LogP contribution in [0.2, 0.25) is 0 Å². The van der Waals surface area contributed by atoms with Crippen LogP contribution in [-0.2, 0) is 4.18 Å². The van der Waals surface area contributed by atoms with Gasteiger partial charge in [0.1, 0.15) is 0 Å². The fraction of sp³-hybridized carbons (Fsp3) is 1.00. The Balaban J connectivity index is 3.41. The van der Waals surface area contributed by atoms with Crippen LogP contribution in [0.4, 0.5) is 0 Å². The minimum Gasteiger partial charge on any atom is -0.314 e. The summed E-state index contributed by atoms with van der Waals surface area (Å²) in [5.74, 6) is 0. The summed E-state index contributed by atoms with van der Waals surface area (Å²) in [4.78, 5) is 2.31. The molecule has 0 saturated carbocycles. The maximum Gasteiger partial charge on any atom is 0.0817 e. The zero-order valence-electron chi connectivity index (χ0n) is 7.00. The van der Waals surface area contributed by atoms with Gasteiger partial charge in [0.05, 0.1) is 6.10 Å². The molecule has 0 N–H and O–H groups in total. The minimum atomic E-state index is 0.225. The molecule has 0 aromatic heterocycles.